The number of carbonyl (C=O) groups is 2. The molecule has 0 bridgehead atoms. The highest BCUT2D eigenvalue weighted by atomic mass is 35.5. The molecule has 2 aliphatic carbocycles. The molecule has 32 heavy (non-hydrogen) atoms. The number of alkyl halides is 1. The molecule has 1 N–H and O–H groups in total. The summed E-state index contributed by atoms with van der Waals surface area (Å²) in [6, 6.07) is 0. The van der Waals surface area contributed by atoms with Crippen LogP contribution in [0, 0.1) is 0 Å². The smallest absolute Gasteiger partial charge is 0.321 e. The number of rotatable bonds is 5. The van der Waals surface area contributed by atoms with Crippen molar-refractivity contribution < 1.29 is 24.2 Å². The van der Waals surface area contributed by atoms with Gasteiger partial charge in [0.1, 0.15) is 18.1 Å². The van der Waals surface area contributed by atoms with Crippen LogP contribution in [0.25, 0.3) is 0 Å². The fourth-order valence-electron chi connectivity index (χ4n) is 5.63. The fraction of sp³-hybridized carbons (Fsp3) is 0.920. The lowest BCUT2D eigenvalue weighted by atomic mass is 9.78. The summed E-state index contributed by atoms with van der Waals surface area (Å²) < 4.78 is 10.7. The molecule has 6 nitrogen and oxygen atoms in total. The maximum atomic E-state index is 12.3. The Kier molecular flexibility index (Phi) is 10.8. The van der Waals surface area contributed by atoms with Gasteiger partial charge in [-0.15, -0.1) is 11.6 Å². The highest BCUT2D eigenvalue weighted by molar-refractivity contribution is 6.26. The van der Waals surface area contributed by atoms with Crippen molar-refractivity contribution in [2.75, 3.05) is 12.4 Å². The molecule has 0 atom stereocenters. The second-order valence-electron chi connectivity index (χ2n) is 10.9. The first-order chi connectivity index (χ1) is 15.0. The lowest BCUT2D eigenvalue weighted by molar-refractivity contribution is -0.160. The Morgan fingerprint density at radius 3 is 1.62 bits per heavy atom. The van der Waals surface area contributed by atoms with Gasteiger partial charge in [0.25, 0.3) is 0 Å². The minimum absolute atomic E-state index is 0.0174. The van der Waals surface area contributed by atoms with Crippen molar-refractivity contribution in [2.24, 2.45) is 0 Å². The van der Waals surface area contributed by atoms with Gasteiger partial charge in [-0.3, -0.25) is 14.5 Å². The van der Waals surface area contributed by atoms with E-state index in [4.69, 9.17) is 21.1 Å². The van der Waals surface area contributed by atoms with Crippen molar-refractivity contribution >= 4 is 23.5 Å². The molecule has 186 valence electrons. The Balaban J connectivity index is 0.000000278. The van der Waals surface area contributed by atoms with E-state index in [9.17, 15) is 14.7 Å². The Bertz CT molecular complexity index is 579. The highest BCUT2D eigenvalue weighted by Crippen LogP contribution is 2.38. The number of aliphatic hydroxyl groups is 1. The third kappa shape index (κ3) is 8.83. The number of esters is 2. The van der Waals surface area contributed by atoms with E-state index in [1.165, 1.54) is 38.5 Å². The van der Waals surface area contributed by atoms with E-state index in [1.807, 2.05) is 0 Å². The lowest BCUT2D eigenvalue weighted by Gasteiger charge is -2.53. The van der Waals surface area contributed by atoms with Gasteiger partial charge in [0.15, 0.2) is 0 Å². The number of likely N-dealkylation sites (tertiary alicyclic amines) is 1. The second-order valence-corrected chi connectivity index (χ2v) is 11.2. The van der Waals surface area contributed by atoms with E-state index in [0.717, 1.165) is 25.7 Å². The average molecular weight is 474 g/mol. The van der Waals surface area contributed by atoms with Gasteiger partial charge in [0.2, 0.25) is 0 Å². The van der Waals surface area contributed by atoms with Crippen molar-refractivity contribution in [3.8, 4) is 0 Å². The number of carbonyl (C=O) groups excluding carboxylic acids is 2. The van der Waals surface area contributed by atoms with Gasteiger partial charge in [-0.2, -0.15) is 0 Å². The van der Waals surface area contributed by atoms with Crippen LogP contribution in [0.1, 0.15) is 105 Å². The molecule has 0 radical (unpaired) electrons. The number of halogens is 1. The molecule has 1 saturated heterocycles. The van der Waals surface area contributed by atoms with Gasteiger partial charge < -0.3 is 14.6 Å². The van der Waals surface area contributed by atoms with Crippen LogP contribution in [0.3, 0.4) is 0 Å². The molecule has 3 rings (SSSR count). The Labute approximate surface area is 199 Å². The maximum absolute atomic E-state index is 12.3. The molecule has 7 heteroatoms. The molecule has 0 amide bonds. The zero-order chi connectivity index (χ0) is 23.8. The van der Waals surface area contributed by atoms with Crippen molar-refractivity contribution in [1.82, 2.24) is 4.90 Å². The first-order valence-corrected chi connectivity index (χ1v) is 13.0. The van der Waals surface area contributed by atoms with E-state index in [-0.39, 0.29) is 47.2 Å². The van der Waals surface area contributed by atoms with E-state index in [2.05, 4.69) is 32.6 Å². The van der Waals surface area contributed by atoms with Crippen molar-refractivity contribution in [3.05, 3.63) is 0 Å². The summed E-state index contributed by atoms with van der Waals surface area (Å²) in [5.74, 6) is -0.408. The third-order valence-corrected chi connectivity index (χ3v) is 7.25. The molecule has 0 spiro atoms. The quantitative estimate of drug-likeness (QED) is 0.448. The lowest BCUT2D eigenvalue weighted by Crippen LogP contribution is -2.63. The van der Waals surface area contributed by atoms with Crippen LogP contribution in [-0.2, 0) is 19.1 Å². The molecule has 0 unspecified atom stereocenters. The molecular weight excluding hydrogens is 430 g/mol. The molecule has 0 aromatic rings. The summed E-state index contributed by atoms with van der Waals surface area (Å²) in [6.45, 7) is 8.73. The molecule has 1 aliphatic heterocycles. The number of nitrogens with zero attached hydrogens (tertiary/aromatic N) is 1. The van der Waals surface area contributed by atoms with Crippen LogP contribution >= 0.6 is 11.6 Å². The number of piperidine rings is 1. The van der Waals surface area contributed by atoms with Gasteiger partial charge in [-0.05, 0) is 91.9 Å². The molecule has 1 heterocycles. The zero-order valence-electron chi connectivity index (χ0n) is 20.5. The van der Waals surface area contributed by atoms with E-state index in [0.29, 0.717) is 19.4 Å². The summed E-state index contributed by atoms with van der Waals surface area (Å²) in [5, 5.41) is 10.1. The molecule has 0 aromatic carbocycles. The van der Waals surface area contributed by atoms with Crippen molar-refractivity contribution in [3.63, 3.8) is 0 Å². The third-order valence-electron chi connectivity index (χ3n) is 7.03. The van der Waals surface area contributed by atoms with Gasteiger partial charge in [0, 0.05) is 11.1 Å². The number of aliphatic hydroxyl groups excluding tert-OH is 1. The average Bonchev–Trinajstić information content (AvgIpc) is 2.72. The van der Waals surface area contributed by atoms with E-state index >= 15 is 0 Å². The number of hydrogen-bond acceptors (Lipinski definition) is 6. The second kappa shape index (κ2) is 12.6. The summed E-state index contributed by atoms with van der Waals surface area (Å²) in [7, 11) is 0. The number of ether oxygens (including phenoxy) is 2. The standard InChI is InChI=1S/C17H31NO3.C8H13ClO2/c1-16(2)10-13(19)11-17(3,4)18(16)12-15(20)21-14-8-6-5-7-9-14;9-6-8(10)11-7-4-2-1-3-5-7/h13-14,19H,5-12H2,1-4H3;7H,1-6H2. The van der Waals surface area contributed by atoms with Crippen molar-refractivity contribution in [2.45, 2.75) is 134 Å². The Hall–Kier alpha value is -0.850. The predicted octanol–water partition coefficient (Wildman–Crippen LogP) is 4.98. The van der Waals surface area contributed by atoms with Crippen LogP contribution in [0.4, 0.5) is 0 Å². The Morgan fingerprint density at radius 2 is 1.22 bits per heavy atom. The fourth-order valence-corrected chi connectivity index (χ4v) is 5.69. The summed E-state index contributed by atoms with van der Waals surface area (Å²) in [5.41, 5.74) is -0.375. The van der Waals surface area contributed by atoms with Crippen LogP contribution < -0.4 is 0 Å². The maximum Gasteiger partial charge on any atom is 0.321 e. The van der Waals surface area contributed by atoms with Gasteiger partial charge in [-0.1, -0.05) is 12.8 Å². The summed E-state index contributed by atoms with van der Waals surface area (Å²) in [6.07, 6.45) is 12.7. The molecule has 3 fully saturated rings. The SMILES string of the molecule is CC1(C)CC(O)CC(C)(C)N1CC(=O)OC1CCCCC1.O=C(CCl)OC1CCCCC1. The predicted molar refractivity (Wildman–Crippen MR) is 127 cm³/mol. The van der Waals surface area contributed by atoms with Crippen molar-refractivity contribution in [1.29, 1.82) is 0 Å². The van der Waals surface area contributed by atoms with Crippen LogP contribution in [0.15, 0.2) is 0 Å². The Morgan fingerprint density at radius 1 is 0.812 bits per heavy atom. The first kappa shape index (κ1) is 27.4. The normalized spacial score (nSPS) is 24.8. The minimum Gasteiger partial charge on any atom is -0.461 e. The largest absolute Gasteiger partial charge is 0.461 e. The summed E-state index contributed by atoms with van der Waals surface area (Å²) in [4.78, 5) is 25.2. The van der Waals surface area contributed by atoms with Crippen LogP contribution in [0.2, 0.25) is 0 Å². The van der Waals surface area contributed by atoms with Gasteiger partial charge in [-0.25, -0.2) is 0 Å². The van der Waals surface area contributed by atoms with Crippen LogP contribution in [-0.4, -0.2) is 63.8 Å². The molecular formula is C25H44ClNO5. The summed E-state index contributed by atoms with van der Waals surface area (Å²) >= 11 is 5.30. The zero-order valence-corrected chi connectivity index (χ0v) is 21.3. The number of hydrogen-bond donors (Lipinski definition) is 1. The monoisotopic (exact) mass is 473 g/mol. The minimum atomic E-state index is -0.291. The highest BCUT2D eigenvalue weighted by Gasteiger charge is 2.45. The van der Waals surface area contributed by atoms with Crippen LogP contribution in [0.5, 0.6) is 0 Å². The first-order valence-electron chi connectivity index (χ1n) is 12.4. The topological polar surface area (TPSA) is 76.1 Å². The molecule has 2 saturated carbocycles. The van der Waals surface area contributed by atoms with Gasteiger partial charge in [0.05, 0.1) is 12.6 Å². The van der Waals surface area contributed by atoms with Gasteiger partial charge >= 0.3 is 11.9 Å². The molecule has 0 aromatic heterocycles. The van der Waals surface area contributed by atoms with E-state index < -0.39 is 0 Å². The van der Waals surface area contributed by atoms with E-state index in [1.54, 1.807) is 0 Å². The molecule has 3 aliphatic rings.